The number of carbonyl (C=O) groups is 3. The number of amides is 3. The van der Waals surface area contributed by atoms with Gasteiger partial charge in [0.15, 0.2) is 17.2 Å². The minimum Gasteiger partial charge on any atom is -0.493 e. The fourth-order valence-corrected chi connectivity index (χ4v) is 5.57. The molecule has 3 aromatic rings. The van der Waals surface area contributed by atoms with E-state index in [1.54, 1.807) is 35.2 Å². The molecule has 12 nitrogen and oxygen atoms in total. The molecular weight excluding hydrogens is 580 g/mol. The fraction of sp³-hybridized carbons (Fsp3) is 0.455. The Labute approximate surface area is 262 Å². The Balaban J connectivity index is 1.42. The van der Waals surface area contributed by atoms with Crippen LogP contribution >= 0.6 is 0 Å². The topological polar surface area (TPSA) is 144 Å². The van der Waals surface area contributed by atoms with E-state index >= 15 is 0 Å². The number of fused-ring (bicyclic) bond motifs is 5. The Morgan fingerprint density at radius 1 is 1.18 bits per heavy atom. The van der Waals surface area contributed by atoms with Crippen molar-refractivity contribution in [3.8, 4) is 17.2 Å². The fourth-order valence-electron chi connectivity index (χ4n) is 5.57. The van der Waals surface area contributed by atoms with Crippen LogP contribution < -0.4 is 14.8 Å². The van der Waals surface area contributed by atoms with Crippen LogP contribution in [0.15, 0.2) is 53.1 Å². The van der Waals surface area contributed by atoms with Gasteiger partial charge in [-0.2, -0.15) is 0 Å². The van der Waals surface area contributed by atoms with Gasteiger partial charge in [-0.15, -0.1) is 0 Å². The number of nitrogens with zero attached hydrogens (tertiary/aromatic N) is 3. The number of rotatable bonds is 7. The van der Waals surface area contributed by atoms with Gasteiger partial charge < -0.3 is 39.0 Å². The highest BCUT2D eigenvalue weighted by Crippen LogP contribution is 2.33. The number of ether oxygens (including phenoxy) is 3. The van der Waals surface area contributed by atoms with Crippen LogP contribution in [0.1, 0.15) is 58.9 Å². The summed E-state index contributed by atoms with van der Waals surface area (Å²) < 4.78 is 23.3. The van der Waals surface area contributed by atoms with Crippen LogP contribution in [0.5, 0.6) is 17.2 Å². The Hall–Kier alpha value is -4.42. The summed E-state index contributed by atoms with van der Waals surface area (Å²) in [6.45, 7) is 4.73. The number of aliphatic hydroxyl groups excluding tert-OH is 1. The average molecular weight is 621 g/mol. The molecule has 2 atom stereocenters. The van der Waals surface area contributed by atoms with Gasteiger partial charge in [0.25, 0.3) is 11.8 Å². The monoisotopic (exact) mass is 620 g/mol. The molecule has 2 aliphatic heterocycles. The van der Waals surface area contributed by atoms with E-state index in [0.717, 1.165) is 5.56 Å². The molecule has 240 valence electrons. The Morgan fingerprint density at radius 3 is 2.80 bits per heavy atom. The highest BCUT2D eigenvalue weighted by Gasteiger charge is 2.35. The molecule has 45 heavy (non-hydrogen) atoms. The number of hydrogen-bond donors (Lipinski definition) is 2. The van der Waals surface area contributed by atoms with Crippen molar-refractivity contribution < 1.29 is 38.2 Å². The third-order valence-corrected chi connectivity index (χ3v) is 7.78. The van der Waals surface area contributed by atoms with Gasteiger partial charge >= 0.3 is 0 Å². The van der Waals surface area contributed by atoms with E-state index in [0.29, 0.717) is 60.3 Å². The maximum absolute atomic E-state index is 13.7. The zero-order valence-corrected chi connectivity index (χ0v) is 25.9. The van der Waals surface area contributed by atoms with Crippen LogP contribution in [0.4, 0.5) is 0 Å². The molecule has 2 aliphatic rings. The highest BCUT2D eigenvalue weighted by atomic mass is 16.5. The lowest BCUT2D eigenvalue weighted by Crippen LogP contribution is -2.58. The van der Waals surface area contributed by atoms with E-state index in [-0.39, 0.29) is 44.4 Å². The first kappa shape index (κ1) is 32.0. The van der Waals surface area contributed by atoms with Crippen LogP contribution in [-0.4, -0.2) is 89.8 Å². The number of likely N-dealkylation sites (tertiary alicyclic amines) is 1. The van der Waals surface area contributed by atoms with E-state index in [9.17, 15) is 19.5 Å². The summed E-state index contributed by atoms with van der Waals surface area (Å²) >= 11 is 0. The Kier molecular flexibility index (Phi) is 10.4. The van der Waals surface area contributed by atoms with Gasteiger partial charge in [-0.25, -0.2) is 0 Å². The SMILES string of the molecule is COc1ccc2cc1Oc1cccc(c1)CO[C@H]1CCN(C(=O)c3cc(CC(C)C)on3)C[C@@H]1NC(=O)CN(CCCO)C2=O. The molecule has 2 N–H and O–H groups in total. The normalized spacial score (nSPS) is 19.1. The number of carbonyl (C=O) groups excluding carboxylic acids is 3. The first-order valence-electron chi connectivity index (χ1n) is 15.2. The van der Waals surface area contributed by atoms with Gasteiger partial charge in [0.05, 0.1) is 32.4 Å². The number of benzene rings is 2. The molecule has 12 heteroatoms. The van der Waals surface area contributed by atoms with Crippen LogP contribution in [0.25, 0.3) is 0 Å². The highest BCUT2D eigenvalue weighted by molar-refractivity contribution is 5.97. The van der Waals surface area contributed by atoms with Crippen LogP contribution in [0, 0.1) is 5.92 Å². The number of aliphatic hydroxyl groups is 1. The van der Waals surface area contributed by atoms with Crippen molar-refractivity contribution in [3.05, 3.63) is 71.1 Å². The van der Waals surface area contributed by atoms with Crippen molar-refractivity contribution in [2.45, 2.75) is 51.9 Å². The Bertz CT molecular complexity index is 1510. The predicted octanol–water partition coefficient (Wildman–Crippen LogP) is 3.43. The predicted molar refractivity (Wildman–Crippen MR) is 163 cm³/mol. The maximum Gasteiger partial charge on any atom is 0.276 e. The second-order valence-electron chi connectivity index (χ2n) is 11.8. The zero-order valence-electron chi connectivity index (χ0n) is 25.9. The second kappa shape index (κ2) is 14.6. The molecule has 0 radical (unpaired) electrons. The van der Waals surface area contributed by atoms with Gasteiger partial charge in [0.2, 0.25) is 5.91 Å². The van der Waals surface area contributed by atoms with E-state index in [1.807, 2.05) is 18.2 Å². The lowest BCUT2D eigenvalue weighted by Gasteiger charge is -2.38. The summed E-state index contributed by atoms with van der Waals surface area (Å²) in [4.78, 5) is 43.5. The number of methoxy groups -OCH3 is 1. The van der Waals surface area contributed by atoms with Gasteiger partial charge in [0, 0.05) is 44.3 Å². The third-order valence-electron chi connectivity index (χ3n) is 7.78. The van der Waals surface area contributed by atoms with Crippen molar-refractivity contribution in [2.75, 3.05) is 39.9 Å². The average Bonchev–Trinajstić information content (AvgIpc) is 3.49. The quantitative estimate of drug-likeness (QED) is 0.406. The largest absolute Gasteiger partial charge is 0.493 e. The molecule has 1 fully saturated rings. The van der Waals surface area contributed by atoms with Crippen molar-refractivity contribution in [1.29, 1.82) is 0 Å². The van der Waals surface area contributed by atoms with Crippen LogP contribution in [0.2, 0.25) is 0 Å². The summed E-state index contributed by atoms with van der Waals surface area (Å²) in [5.74, 6) is 1.24. The molecule has 4 bridgehead atoms. The first-order chi connectivity index (χ1) is 21.7. The van der Waals surface area contributed by atoms with Gasteiger partial charge in [-0.1, -0.05) is 31.1 Å². The number of nitrogens with one attached hydrogen (secondary N) is 1. The third kappa shape index (κ3) is 8.00. The smallest absolute Gasteiger partial charge is 0.276 e. The van der Waals surface area contributed by atoms with Crippen molar-refractivity contribution in [1.82, 2.24) is 20.3 Å². The minimum atomic E-state index is -0.549. The van der Waals surface area contributed by atoms with Crippen LogP contribution in [0.3, 0.4) is 0 Å². The molecule has 5 rings (SSSR count). The minimum absolute atomic E-state index is 0.144. The zero-order chi connectivity index (χ0) is 31.9. The lowest BCUT2D eigenvalue weighted by atomic mass is 10.0. The standard InChI is InChI=1S/C33H40N4O8/c1-21(2)14-25-17-26(35-45-25)33(41)37-12-10-28-27(18-37)34-31(39)19-36(11-5-13-38)32(40)23-8-9-29(42-3)30(16-23)44-24-7-4-6-22(15-24)20-43-28/h4,6-9,15-17,21,27-28,38H,5,10-14,18-20H2,1-3H3,(H,34,39)/t27-,28-/m0/s1. The maximum atomic E-state index is 13.7. The summed E-state index contributed by atoms with van der Waals surface area (Å²) in [5.41, 5.74) is 1.38. The van der Waals surface area contributed by atoms with Gasteiger partial charge in [-0.05, 0) is 54.7 Å². The first-order valence-corrected chi connectivity index (χ1v) is 15.2. The molecule has 0 aliphatic carbocycles. The number of piperidine rings is 1. The molecule has 0 unspecified atom stereocenters. The second-order valence-corrected chi connectivity index (χ2v) is 11.8. The van der Waals surface area contributed by atoms with E-state index in [2.05, 4.69) is 24.3 Å². The molecule has 1 saturated heterocycles. The molecule has 1 aromatic heterocycles. The molecule has 3 heterocycles. The molecule has 3 amide bonds. The summed E-state index contributed by atoms with van der Waals surface area (Å²) in [6, 6.07) is 13.4. The summed E-state index contributed by atoms with van der Waals surface area (Å²) in [6.07, 6.45) is 1.03. The summed E-state index contributed by atoms with van der Waals surface area (Å²) in [7, 11) is 1.52. The molecule has 0 saturated carbocycles. The van der Waals surface area contributed by atoms with Crippen molar-refractivity contribution in [2.24, 2.45) is 5.92 Å². The molecule has 2 aromatic carbocycles. The van der Waals surface area contributed by atoms with Gasteiger partial charge in [0.1, 0.15) is 11.5 Å². The molecule has 0 spiro atoms. The van der Waals surface area contributed by atoms with E-state index in [1.165, 1.54) is 12.0 Å². The lowest BCUT2D eigenvalue weighted by molar-refractivity contribution is -0.125. The van der Waals surface area contributed by atoms with E-state index in [4.69, 9.17) is 18.7 Å². The number of aromatic nitrogens is 1. The molecular formula is C33H40N4O8. The number of hydrogen-bond acceptors (Lipinski definition) is 9. The van der Waals surface area contributed by atoms with Crippen molar-refractivity contribution in [3.63, 3.8) is 0 Å². The Morgan fingerprint density at radius 2 is 2.02 bits per heavy atom. The van der Waals surface area contributed by atoms with E-state index < -0.39 is 24.0 Å². The van der Waals surface area contributed by atoms with Crippen molar-refractivity contribution >= 4 is 17.7 Å². The summed E-state index contributed by atoms with van der Waals surface area (Å²) in [5, 5.41) is 16.5. The van der Waals surface area contributed by atoms with Gasteiger partial charge in [-0.3, -0.25) is 14.4 Å². The van der Waals surface area contributed by atoms with Crippen LogP contribution in [-0.2, 0) is 22.6 Å².